The average Bonchev–Trinajstić information content (AvgIpc) is 3.85. The number of carbonyl (C=O) groups is 2. The molecule has 57 heavy (non-hydrogen) atoms. The molecule has 4 fully saturated rings. The van der Waals surface area contributed by atoms with E-state index < -0.39 is 71.3 Å². The van der Waals surface area contributed by atoms with Gasteiger partial charge in [-0.3, -0.25) is 9.59 Å². The highest BCUT2D eigenvalue weighted by molar-refractivity contribution is 6.00. The van der Waals surface area contributed by atoms with Crippen LogP contribution >= 0.6 is 0 Å². The van der Waals surface area contributed by atoms with Crippen molar-refractivity contribution in [2.45, 2.75) is 75.7 Å². The number of nitrogens with one attached hydrogen (secondary N) is 2. The van der Waals surface area contributed by atoms with Crippen LogP contribution in [0.25, 0.3) is 11.1 Å². The zero-order valence-electron chi connectivity index (χ0n) is 30.4. The molecule has 8 nitrogen and oxygen atoms in total. The standard InChI is InChI=1S/C41H40F8N2O6/c42-31-11-6-23(37(52)41(47,48)49)19-27(31)22-7-13-33(55-15-16-57-34-3-1-2-14-56-34)29(18-22)38(53)51-36-26-10-9-25(28(26)17-21-4-5-21)35(36)39(54)50-24-8-12-32(43)30(20-24)40(44,45)46/h6-8,11-13,17-21,25-26,34-37,52H,1-5,9-10,14-16H2,(H,50,54)(H,51,53)/b28-17-/t25-,26+,34?,35-,36+,37?/m0/s1. The second-order valence-electron chi connectivity index (χ2n) is 14.9. The number of anilines is 1. The molecule has 3 saturated carbocycles. The van der Waals surface area contributed by atoms with Crippen molar-refractivity contribution in [2.24, 2.45) is 23.7 Å². The van der Waals surface area contributed by atoms with Gasteiger partial charge >= 0.3 is 12.4 Å². The summed E-state index contributed by atoms with van der Waals surface area (Å²) in [6.45, 7) is 0.572. The van der Waals surface area contributed by atoms with Crippen molar-refractivity contribution in [1.29, 1.82) is 0 Å². The molecule has 0 radical (unpaired) electrons. The van der Waals surface area contributed by atoms with Gasteiger partial charge in [-0.1, -0.05) is 23.8 Å². The third-order valence-electron chi connectivity index (χ3n) is 11.0. The molecule has 3 aromatic carbocycles. The molecule has 2 amide bonds. The van der Waals surface area contributed by atoms with Crippen molar-refractivity contribution in [1.82, 2.24) is 5.32 Å². The fourth-order valence-electron chi connectivity index (χ4n) is 8.13. The van der Waals surface area contributed by atoms with E-state index in [4.69, 9.17) is 14.2 Å². The summed E-state index contributed by atoms with van der Waals surface area (Å²) in [4.78, 5) is 28.3. The topological polar surface area (TPSA) is 106 Å². The van der Waals surface area contributed by atoms with Gasteiger partial charge in [-0.2, -0.15) is 26.3 Å². The Bertz CT molecular complexity index is 2010. The molecule has 306 valence electrons. The first-order chi connectivity index (χ1) is 27.1. The lowest BCUT2D eigenvalue weighted by Gasteiger charge is -2.30. The van der Waals surface area contributed by atoms with Crippen molar-refractivity contribution in [3.05, 3.63) is 94.6 Å². The number of ether oxygens (including phenoxy) is 3. The first-order valence-electron chi connectivity index (χ1n) is 18.8. The second-order valence-corrected chi connectivity index (χ2v) is 14.9. The lowest BCUT2D eigenvalue weighted by molar-refractivity contribution is -0.206. The quantitative estimate of drug-likeness (QED) is 0.0960. The summed E-state index contributed by atoms with van der Waals surface area (Å²) in [5.41, 5.74) is -1.98. The van der Waals surface area contributed by atoms with Crippen LogP contribution in [0, 0.1) is 35.3 Å². The van der Waals surface area contributed by atoms with Gasteiger partial charge in [0.2, 0.25) is 5.91 Å². The first-order valence-corrected chi connectivity index (χ1v) is 18.8. The number of amides is 2. The number of allylic oxidation sites excluding steroid dienone is 1. The van der Waals surface area contributed by atoms with Gasteiger partial charge in [-0.05, 0) is 110 Å². The molecule has 7 rings (SSSR count). The number of hydrogen-bond acceptors (Lipinski definition) is 6. The van der Waals surface area contributed by atoms with E-state index >= 15 is 4.39 Å². The van der Waals surface area contributed by atoms with Crippen LogP contribution in [0.3, 0.4) is 0 Å². The molecule has 0 spiro atoms. The molecule has 0 aromatic heterocycles. The Morgan fingerprint density at radius 3 is 2.33 bits per heavy atom. The molecule has 1 aliphatic heterocycles. The van der Waals surface area contributed by atoms with Gasteiger partial charge in [0.1, 0.15) is 24.0 Å². The predicted octanol–water partition coefficient (Wildman–Crippen LogP) is 8.90. The normalized spacial score (nSPS) is 24.7. The maximum atomic E-state index is 15.2. The summed E-state index contributed by atoms with van der Waals surface area (Å²) in [6.07, 6.45) is -5.65. The molecule has 2 bridgehead atoms. The molecule has 1 heterocycles. The number of rotatable bonds is 12. The van der Waals surface area contributed by atoms with Gasteiger partial charge in [-0.25, -0.2) is 8.78 Å². The molecule has 3 aromatic rings. The number of alkyl halides is 6. The third-order valence-corrected chi connectivity index (χ3v) is 11.0. The summed E-state index contributed by atoms with van der Waals surface area (Å²) in [7, 11) is 0. The number of aliphatic hydroxyl groups excluding tert-OH is 1. The Morgan fingerprint density at radius 1 is 0.877 bits per heavy atom. The van der Waals surface area contributed by atoms with Crippen LogP contribution in [0.1, 0.15) is 72.5 Å². The largest absolute Gasteiger partial charge is 0.490 e. The number of carbonyl (C=O) groups excluding carboxylic acids is 2. The number of aliphatic hydroxyl groups is 1. The van der Waals surface area contributed by atoms with Crippen molar-refractivity contribution in [3.63, 3.8) is 0 Å². The first kappa shape index (κ1) is 40.6. The molecule has 6 atom stereocenters. The minimum Gasteiger partial charge on any atom is -0.490 e. The summed E-state index contributed by atoms with van der Waals surface area (Å²) in [5, 5.41) is 15.3. The van der Waals surface area contributed by atoms with Crippen LogP contribution in [0.15, 0.2) is 66.2 Å². The van der Waals surface area contributed by atoms with E-state index in [0.717, 1.165) is 55.5 Å². The van der Waals surface area contributed by atoms with Crippen LogP contribution in [0.4, 0.5) is 40.8 Å². The molecule has 2 unspecified atom stereocenters. The Balaban J connectivity index is 1.19. The van der Waals surface area contributed by atoms with Crippen LogP contribution in [-0.4, -0.2) is 55.2 Å². The Hall–Kier alpha value is -4.54. The van der Waals surface area contributed by atoms with Crippen molar-refractivity contribution >= 4 is 17.5 Å². The van der Waals surface area contributed by atoms with Gasteiger partial charge in [0.15, 0.2) is 12.4 Å². The highest BCUT2D eigenvalue weighted by Crippen LogP contribution is 2.54. The summed E-state index contributed by atoms with van der Waals surface area (Å²) < 4.78 is 127. The number of hydrogen-bond donors (Lipinski definition) is 3. The smallest absolute Gasteiger partial charge is 0.419 e. The Labute approximate surface area is 322 Å². The zero-order chi connectivity index (χ0) is 40.6. The number of halogens is 8. The van der Waals surface area contributed by atoms with E-state index in [1.807, 2.05) is 0 Å². The molecule has 4 aliphatic rings. The molecular formula is C41H40F8N2O6. The second kappa shape index (κ2) is 16.4. The Kier molecular flexibility index (Phi) is 11.7. The molecule has 1 saturated heterocycles. The minimum atomic E-state index is -5.03. The van der Waals surface area contributed by atoms with Gasteiger partial charge < -0.3 is 30.0 Å². The van der Waals surface area contributed by atoms with E-state index in [-0.39, 0.29) is 53.2 Å². The van der Waals surface area contributed by atoms with Crippen molar-refractivity contribution in [3.8, 4) is 16.9 Å². The van der Waals surface area contributed by atoms with E-state index in [0.29, 0.717) is 43.9 Å². The van der Waals surface area contributed by atoms with E-state index in [2.05, 4.69) is 16.7 Å². The lowest BCUT2D eigenvalue weighted by atomic mass is 9.83. The van der Waals surface area contributed by atoms with Gasteiger partial charge in [-0.15, -0.1) is 0 Å². The predicted molar refractivity (Wildman–Crippen MR) is 190 cm³/mol. The average molecular weight is 809 g/mol. The van der Waals surface area contributed by atoms with Crippen molar-refractivity contribution < 1.29 is 64.0 Å². The van der Waals surface area contributed by atoms with Gasteiger partial charge in [0.25, 0.3) is 5.91 Å². The molecular weight excluding hydrogens is 768 g/mol. The minimum absolute atomic E-state index is 0.0126. The van der Waals surface area contributed by atoms with Crippen LogP contribution in [0.2, 0.25) is 0 Å². The van der Waals surface area contributed by atoms with Crippen LogP contribution in [-0.2, 0) is 20.4 Å². The fraction of sp³-hybridized carbons (Fsp3) is 0.463. The highest BCUT2D eigenvalue weighted by Gasteiger charge is 2.55. The maximum Gasteiger partial charge on any atom is 0.419 e. The fourth-order valence-corrected chi connectivity index (χ4v) is 8.13. The molecule has 3 aliphatic carbocycles. The van der Waals surface area contributed by atoms with Gasteiger partial charge in [0, 0.05) is 29.8 Å². The van der Waals surface area contributed by atoms with Gasteiger partial charge in [0.05, 0.1) is 23.7 Å². The van der Waals surface area contributed by atoms with Crippen LogP contribution < -0.4 is 15.4 Å². The Morgan fingerprint density at radius 2 is 1.63 bits per heavy atom. The number of fused-ring (bicyclic) bond motifs is 2. The van der Waals surface area contributed by atoms with E-state index in [1.54, 1.807) is 0 Å². The summed E-state index contributed by atoms with van der Waals surface area (Å²) >= 11 is 0. The maximum absolute atomic E-state index is 15.2. The summed E-state index contributed by atoms with van der Waals surface area (Å²) in [6, 6.07) is 7.65. The highest BCUT2D eigenvalue weighted by atomic mass is 19.4. The molecule has 3 N–H and O–H groups in total. The van der Waals surface area contributed by atoms with E-state index in [1.165, 1.54) is 18.2 Å². The van der Waals surface area contributed by atoms with Crippen LogP contribution in [0.5, 0.6) is 5.75 Å². The SMILES string of the molecule is O=C(N[C@H]1[C@@H](C(=O)Nc2ccc(F)c(C(F)(F)F)c2)[C@H]2CC[C@@H]1/C2=C\C1CC1)c1cc(-c2cc(C(O)C(F)(F)F)ccc2F)ccc1OCCOC1CCCCO1. The van der Waals surface area contributed by atoms with Crippen molar-refractivity contribution in [2.75, 3.05) is 25.1 Å². The summed E-state index contributed by atoms with van der Waals surface area (Å²) in [5.74, 6) is -5.15. The zero-order valence-corrected chi connectivity index (χ0v) is 30.4. The third kappa shape index (κ3) is 9.12. The number of benzene rings is 3. The monoisotopic (exact) mass is 808 g/mol. The molecule has 16 heteroatoms. The lowest BCUT2D eigenvalue weighted by Crippen LogP contribution is -2.48. The van der Waals surface area contributed by atoms with E-state index in [9.17, 15) is 45.4 Å².